The molecule has 0 saturated carbocycles. The van der Waals surface area contributed by atoms with Crippen molar-refractivity contribution >= 4 is 17.1 Å². The van der Waals surface area contributed by atoms with Crippen LogP contribution in [-0.4, -0.2) is 16.8 Å². The second-order valence-corrected chi connectivity index (χ2v) is 3.33. The van der Waals surface area contributed by atoms with Gasteiger partial charge in [-0.2, -0.15) is 0 Å². The van der Waals surface area contributed by atoms with Crippen LogP contribution in [0.5, 0.6) is 0 Å². The number of nitrogens with two attached hydrogens (primary N) is 1. The van der Waals surface area contributed by atoms with Crippen LogP contribution in [0, 0.1) is 0 Å². The standard InChI is InChI=1S/C8H12N2OS/c1-2-8(11)7(9)3-6-4-12-5-10-6/h4-5,7H,2-3,9H2,1H3/t7-/m0/s1. The molecule has 0 fully saturated rings. The fourth-order valence-corrected chi connectivity index (χ4v) is 1.51. The van der Waals surface area contributed by atoms with E-state index in [0.717, 1.165) is 5.69 Å². The van der Waals surface area contributed by atoms with Crippen LogP contribution in [0.3, 0.4) is 0 Å². The van der Waals surface area contributed by atoms with Crippen LogP contribution < -0.4 is 5.73 Å². The van der Waals surface area contributed by atoms with Gasteiger partial charge in [-0.3, -0.25) is 4.79 Å². The molecule has 1 rings (SSSR count). The van der Waals surface area contributed by atoms with E-state index in [1.165, 1.54) is 11.3 Å². The third-order valence-electron chi connectivity index (χ3n) is 1.67. The molecule has 0 spiro atoms. The summed E-state index contributed by atoms with van der Waals surface area (Å²) in [4.78, 5) is 15.1. The SMILES string of the molecule is CCC(=O)[C@@H](N)Cc1cscn1. The van der Waals surface area contributed by atoms with E-state index in [-0.39, 0.29) is 11.8 Å². The summed E-state index contributed by atoms with van der Waals surface area (Å²) in [6.07, 6.45) is 1.07. The molecule has 0 radical (unpaired) electrons. The van der Waals surface area contributed by atoms with Gasteiger partial charge in [0.2, 0.25) is 0 Å². The topological polar surface area (TPSA) is 56.0 Å². The van der Waals surface area contributed by atoms with Gasteiger partial charge < -0.3 is 5.73 Å². The van der Waals surface area contributed by atoms with Crippen molar-refractivity contribution in [2.75, 3.05) is 0 Å². The molecular formula is C8H12N2OS. The van der Waals surface area contributed by atoms with E-state index in [9.17, 15) is 4.79 Å². The summed E-state index contributed by atoms with van der Waals surface area (Å²) in [6.45, 7) is 1.82. The lowest BCUT2D eigenvalue weighted by molar-refractivity contribution is -0.119. The molecule has 3 nitrogen and oxygen atoms in total. The van der Waals surface area contributed by atoms with Gasteiger partial charge in [0, 0.05) is 18.2 Å². The Morgan fingerprint density at radius 3 is 3.08 bits per heavy atom. The number of carbonyl (C=O) groups is 1. The average Bonchev–Trinajstić information content (AvgIpc) is 2.55. The number of aromatic nitrogens is 1. The van der Waals surface area contributed by atoms with Crippen molar-refractivity contribution in [1.29, 1.82) is 0 Å². The number of nitrogens with zero attached hydrogens (tertiary/aromatic N) is 1. The smallest absolute Gasteiger partial charge is 0.149 e. The molecular weight excluding hydrogens is 172 g/mol. The zero-order valence-corrected chi connectivity index (χ0v) is 7.80. The number of hydrogen-bond acceptors (Lipinski definition) is 4. The Kier molecular flexibility index (Phi) is 3.37. The lowest BCUT2D eigenvalue weighted by atomic mass is 10.1. The van der Waals surface area contributed by atoms with E-state index in [1.807, 2.05) is 12.3 Å². The Balaban J connectivity index is 2.47. The molecule has 1 aromatic rings. The van der Waals surface area contributed by atoms with Crippen molar-refractivity contribution in [3.63, 3.8) is 0 Å². The molecule has 0 aliphatic rings. The summed E-state index contributed by atoms with van der Waals surface area (Å²) < 4.78 is 0. The van der Waals surface area contributed by atoms with Crippen LogP contribution in [0.25, 0.3) is 0 Å². The number of hydrogen-bond donors (Lipinski definition) is 1. The Labute approximate surface area is 75.6 Å². The number of thiazole rings is 1. The van der Waals surface area contributed by atoms with Crippen LogP contribution in [0.15, 0.2) is 10.9 Å². The van der Waals surface area contributed by atoms with E-state index in [1.54, 1.807) is 5.51 Å². The molecule has 0 bridgehead atoms. The lowest BCUT2D eigenvalue weighted by Crippen LogP contribution is -2.32. The first-order chi connectivity index (χ1) is 5.74. The zero-order valence-electron chi connectivity index (χ0n) is 6.99. The molecule has 12 heavy (non-hydrogen) atoms. The van der Waals surface area contributed by atoms with Gasteiger partial charge in [-0.1, -0.05) is 6.92 Å². The highest BCUT2D eigenvalue weighted by Gasteiger charge is 2.12. The summed E-state index contributed by atoms with van der Waals surface area (Å²) in [7, 11) is 0. The zero-order chi connectivity index (χ0) is 8.97. The first-order valence-corrected chi connectivity index (χ1v) is 4.83. The Hall–Kier alpha value is -0.740. The minimum Gasteiger partial charge on any atom is -0.321 e. The summed E-state index contributed by atoms with van der Waals surface area (Å²) >= 11 is 1.52. The number of Topliss-reactive ketones (excluding diaryl/α,β-unsaturated/α-hetero) is 1. The van der Waals surface area contributed by atoms with Gasteiger partial charge in [0.05, 0.1) is 17.2 Å². The molecule has 66 valence electrons. The minimum absolute atomic E-state index is 0.100. The first kappa shape index (κ1) is 9.35. The van der Waals surface area contributed by atoms with Gasteiger partial charge in [-0.05, 0) is 0 Å². The predicted molar refractivity (Wildman–Crippen MR) is 49.1 cm³/mol. The minimum atomic E-state index is -0.378. The molecule has 0 aliphatic heterocycles. The van der Waals surface area contributed by atoms with E-state index in [2.05, 4.69) is 4.98 Å². The third kappa shape index (κ3) is 2.39. The molecule has 2 N–H and O–H groups in total. The highest BCUT2D eigenvalue weighted by molar-refractivity contribution is 7.07. The quantitative estimate of drug-likeness (QED) is 0.759. The number of ketones is 1. The van der Waals surface area contributed by atoms with Crippen molar-refractivity contribution in [2.24, 2.45) is 5.73 Å². The Morgan fingerprint density at radius 1 is 1.83 bits per heavy atom. The fourth-order valence-electron chi connectivity index (χ4n) is 0.940. The third-order valence-corrected chi connectivity index (χ3v) is 2.31. The van der Waals surface area contributed by atoms with Crippen molar-refractivity contribution in [1.82, 2.24) is 4.98 Å². The molecule has 0 unspecified atom stereocenters. The molecule has 0 saturated heterocycles. The van der Waals surface area contributed by atoms with Crippen LogP contribution in [0.4, 0.5) is 0 Å². The lowest BCUT2D eigenvalue weighted by Gasteiger charge is -2.05. The van der Waals surface area contributed by atoms with E-state index >= 15 is 0 Å². The maximum absolute atomic E-state index is 11.1. The second kappa shape index (κ2) is 4.33. The Bertz CT molecular complexity index is 246. The van der Waals surface area contributed by atoms with Gasteiger partial charge in [0.15, 0.2) is 0 Å². The molecule has 0 amide bonds. The maximum Gasteiger partial charge on any atom is 0.149 e. The normalized spacial score (nSPS) is 12.8. The maximum atomic E-state index is 11.1. The van der Waals surface area contributed by atoms with Crippen molar-refractivity contribution in [2.45, 2.75) is 25.8 Å². The Morgan fingerprint density at radius 2 is 2.58 bits per heavy atom. The van der Waals surface area contributed by atoms with Gasteiger partial charge in [0.25, 0.3) is 0 Å². The molecule has 0 aliphatic carbocycles. The fraction of sp³-hybridized carbons (Fsp3) is 0.500. The van der Waals surface area contributed by atoms with E-state index in [0.29, 0.717) is 12.8 Å². The monoisotopic (exact) mass is 184 g/mol. The highest BCUT2D eigenvalue weighted by atomic mass is 32.1. The highest BCUT2D eigenvalue weighted by Crippen LogP contribution is 2.04. The molecule has 1 atom stereocenters. The van der Waals surface area contributed by atoms with Crippen molar-refractivity contribution < 1.29 is 4.79 Å². The summed E-state index contributed by atoms with van der Waals surface area (Å²) in [6, 6.07) is -0.378. The predicted octanol–water partition coefficient (Wildman–Crippen LogP) is 0.992. The molecule has 0 aromatic carbocycles. The van der Waals surface area contributed by atoms with Crippen LogP contribution in [0.2, 0.25) is 0 Å². The van der Waals surface area contributed by atoms with E-state index in [4.69, 9.17) is 5.73 Å². The average molecular weight is 184 g/mol. The number of carbonyl (C=O) groups excluding carboxylic acids is 1. The van der Waals surface area contributed by atoms with E-state index < -0.39 is 0 Å². The van der Waals surface area contributed by atoms with Crippen LogP contribution in [-0.2, 0) is 11.2 Å². The van der Waals surface area contributed by atoms with Crippen LogP contribution in [0.1, 0.15) is 19.0 Å². The first-order valence-electron chi connectivity index (χ1n) is 3.89. The van der Waals surface area contributed by atoms with Gasteiger partial charge in [-0.15, -0.1) is 11.3 Å². The van der Waals surface area contributed by atoms with Crippen molar-refractivity contribution in [3.8, 4) is 0 Å². The summed E-state index contributed by atoms with van der Waals surface area (Å²) in [5.41, 5.74) is 8.29. The van der Waals surface area contributed by atoms with Gasteiger partial charge in [0.1, 0.15) is 5.78 Å². The second-order valence-electron chi connectivity index (χ2n) is 2.61. The molecule has 1 heterocycles. The summed E-state index contributed by atoms with van der Waals surface area (Å²) in [5, 5.41) is 1.92. The largest absolute Gasteiger partial charge is 0.321 e. The van der Waals surface area contributed by atoms with Crippen molar-refractivity contribution in [3.05, 3.63) is 16.6 Å². The molecule has 4 heteroatoms. The summed E-state index contributed by atoms with van der Waals surface area (Å²) in [5.74, 6) is 0.100. The molecule has 1 aromatic heterocycles. The number of rotatable bonds is 4. The van der Waals surface area contributed by atoms with Gasteiger partial charge >= 0.3 is 0 Å². The van der Waals surface area contributed by atoms with Gasteiger partial charge in [-0.25, -0.2) is 4.98 Å². The van der Waals surface area contributed by atoms with Crippen LogP contribution >= 0.6 is 11.3 Å².